The third-order valence-electron chi connectivity index (χ3n) is 2.07. The number of fused-ring (bicyclic) bond motifs is 3. The van der Waals surface area contributed by atoms with Crippen LogP contribution >= 0.6 is 0 Å². The highest BCUT2D eigenvalue weighted by atomic mass is 16.1. The van der Waals surface area contributed by atoms with E-state index in [2.05, 4.69) is 9.97 Å². The third kappa shape index (κ3) is 0.528. The number of pyridine rings is 1. The zero-order chi connectivity index (χ0) is 8.29. The van der Waals surface area contributed by atoms with Crippen molar-refractivity contribution in [2.45, 2.75) is 0 Å². The van der Waals surface area contributed by atoms with E-state index in [4.69, 9.17) is 5.73 Å². The second-order valence-electron chi connectivity index (χ2n) is 2.87. The summed E-state index contributed by atoms with van der Waals surface area (Å²) in [6.45, 7) is 0. The predicted octanol–water partition coefficient (Wildman–Crippen LogP) is 0.642. The molecule has 1 aromatic heterocycles. The molecule has 0 saturated carbocycles. The van der Waals surface area contributed by atoms with Crippen molar-refractivity contribution in [2.24, 2.45) is 5.73 Å². The highest BCUT2D eigenvalue weighted by Gasteiger charge is 2.23. The molecule has 0 saturated heterocycles. The maximum atomic E-state index is 10.8. The average Bonchev–Trinajstić information content (AvgIpc) is 2.54. The summed E-state index contributed by atoms with van der Waals surface area (Å²) >= 11 is 0. The molecular weight excluding hydrogens is 154 g/mol. The van der Waals surface area contributed by atoms with Gasteiger partial charge in [-0.1, -0.05) is 0 Å². The van der Waals surface area contributed by atoms with Crippen molar-refractivity contribution >= 4 is 16.8 Å². The van der Waals surface area contributed by atoms with E-state index in [0.29, 0.717) is 5.69 Å². The molecule has 12 heavy (non-hydrogen) atoms. The van der Waals surface area contributed by atoms with Crippen LogP contribution in [0.3, 0.4) is 0 Å². The van der Waals surface area contributed by atoms with E-state index in [9.17, 15) is 4.79 Å². The molecule has 1 aliphatic heterocycles. The van der Waals surface area contributed by atoms with Gasteiger partial charge in [0.05, 0.1) is 11.2 Å². The van der Waals surface area contributed by atoms with E-state index >= 15 is 0 Å². The minimum atomic E-state index is -0.430. The van der Waals surface area contributed by atoms with Crippen LogP contribution in [0.15, 0.2) is 12.1 Å². The van der Waals surface area contributed by atoms with Gasteiger partial charge in [-0.05, 0) is 12.1 Å². The van der Waals surface area contributed by atoms with Crippen molar-refractivity contribution in [3.8, 4) is 11.4 Å². The summed E-state index contributed by atoms with van der Waals surface area (Å²) in [5, 5.41) is 1.02. The number of H-pyrrole nitrogens is 1. The Hall–Kier alpha value is -1.84. The summed E-state index contributed by atoms with van der Waals surface area (Å²) in [4.78, 5) is 17.8. The van der Waals surface area contributed by atoms with E-state index in [-0.39, 0.29) is 0 Å². The number of aromatic nitrogens is 2. The number of rotatable bonds is 1. The van der Waals surface area contributed by atoms with Crippen molar-refractivity contribution in [1.29, 1.82) is 0 Å². The largest absolute Gasteiger partial charge is 0.364 e. The second kappa shape index (κ2) is 1.50. The molecule has 3 rings (SSSR count). The summed E-state index contributed by atoms with van der Waals surface area (Å²) in [5.74, 6) is -0.430. The Morgan fingerprint density at radius 2 is 2.33 bits per heavy atom. The predicted molar refractivity (Wildman–Crippen MR) is 43.6 cm³/mol. The van der Waals surface area contributed by atoms with Crippen molar-refractivity contribution in [3.63, 3.8) is 0 Å². The first-order chi connectivity index (χ1) is 5.75. The van der Waals surface area contributed by atoms with Crippen LogP contribution in [-0.2, 0) is 0 Å². The number of amides is 1. The summed E-state index contributed by atoms with van der Waals surface area (Å²) in [6.07, 6.45) is 0. The minimum Gasteiger partial charge on any atom is -0.364 e. The van der Waals surface area contributed by atoms with Gasteiger partial charge in [0.2, 0.25) is 0 Å². The van der Waals surface area contributed by atoms with Crippen LogP contribution in [0.4, 0.5) is 0 Å². The van der Waals surface area contributed by atoms with Gasteiger partial charge in [-0.3, -0.25) is 4.79 Å². The summed E-state index contributed by atoms with van der Waals surface area (Å²) < 4.78 is 0. The van der Waals surface area contributed by atoms with Gasteiger partial charge in [-0.15, -0.1) is 0 Å². The van der Waals surface area contributed by atoms with Gasteiger partial charge in [0.25, 0.3) is 5.91 Å². The van der Waals surface area contributed by atoms with Crippen LogP contribution in [0, 0.1) is 0 Å². The van der Waals surface area contributed by atoms with Gasteiger partial charge in [0.15, 0.2) is 0 Å². The lowest BCUT2D eigenvalue weighted by molar-refractivity contribution is 0.0996. The molecule has 2 aliphatic rings. The quantitative estimate of drug-likeness (QED) is 0.547. The molecule has 1 aromatic rings. The van der Waals surface area contributed by atoms with Crippen LogP contribution in [0.25, 0.3) is 22.3 Å². The molecule has 3 N–H and O–H groups in total. The number of carbonyl (C=O) groups is 1. The smallest absolute Gasteiger partial charge is 0.265 e. The summed E-state index contributed by atoms with van der Waals surface area (Å²) in [6, 6.07) is 3.69. The maximum Gasteiger partial charge on any atom is 0.265 e. The number of nitrogens with two attached hydrogens (primary N) is 1. The molecule has 0 atom stereocenters. The molecule has 0 unspecified atom stereocenters. The molecule has 0 bridgehead atoms. The standard InChI is InChI=1S/C8H5N3O/c9-8(12)5-2-3-1-4-7(10-4)6(3)11-5/h1-2,11H,(H2,9,12). The van der Waals surface area contributed by atoms with E-state index in [1.165, 1.54) is 0 Å². The summed E-state index contributed by atoms with van der Waals surface area (Å²) in [5.41, 5.74) is 8.47. The average molecular weight is 159 g/mol. The van der Waals surface area contributed by atoms with Crippen molar-refractivity contribution in [3.05, 3.63) is 17.8 Å². The van der Waals surface area contributed by atoms with E-state index in [1.807, 2.05) is 6.07 Å². The van der Waals surface area contributed by atoms with E-state index in [0.717, 1.165) is 22.3 Å². The fourth-order valence-corrected chi connectivity index (χ4v) is 1.44. The lowest BCUT2D eigenvalue weighted by atomic mass is 10.3. The Kier molecular flexibility index (Phi) is 0.721. The van der Waals surface area contributed by atoms with E-state index in [1.54, 1.807) is 6.07 Å². The number of hydrogen-bond acceptors (Lipinski definition) is 2. The first-order valence-corrected chi connectivity index (χ1v) is 3.59. The molecule has 4 heteroatoms. The zero-order valence-corrected chi connectivity index (χ0v) is 6.09. The molecule has 0 aromatic carbocycles. The number of nitrogens with one attached hydrogen (secondary N) is 1. The zero-order valence-electron chi connectivity index (χ0n) is 6.09. The topological polar surface area (TPSA) is 71.8 Å². The normalized spacial score (nSPS) is 12.0. The van der Waals surface area contributed by atoms with Crippen molar-refractivity contribution < 1.29 is 4.79 Å². The molecule has 0 radical (unpaired) electrons. The fourth-order valence-electron chi connectivity index (χ4n) is 1.44. The number of carbonyl (C=O) groups excluding carboxylic acids is 1. The first-order valence-electron chi connectivity index (χ1n) is 3.59. The molecule has 0 fully saturated rings. The second-order valence-corrected chi connectivity index (χ2v) is 2.87. The molecule has 1 aliphatic carbocycles. The lowest BCUT2D eigenvalue weighted by Crippen LogP contribution is -2.10. The van der Waals surface area contributed by atoms with Crippen LogP contribution in [0.2, 0.25) is 0 Å². The van der Waals surface area contributed by atoms with Crippen LogP contribution in [0.1, 0.15) is 10.5 Å². The Labute approximate surface area is 67.4 Å². The fraction of sp³-hybridized carbons (Fsp3) is 0. The van der Waals surface area contributed by atoms with Crippen LogP contribution in [-0.4, -0.2) is 15.9 Å². The van der Waals surface area contributed by atoms with Crippen LogP contribution < -0.4 is 5.73 Å². The Bertz CT molecular complexity index is 512. The van der Waals surface area contributed by atoms with Gasteiger partial charge >= 0.3 is 0 Å². The molecule has 58 valence electrons. The number of nitrogens with zero attached hydrogens (tertiary/aromatic N) is 1. The third-order valence-corrected chi connectivity index (χ3v) is 2.07. The molecule has 4 nitrogen and oxygen atoms in total. The highest BCUT2D eigenvalue weighted by Crippen LogP contribution is 2.37. The van der Waals surface area contributed by atoms with Gasteiger partial charge in [0.1, 0.15) is 11.4 Å². The maximum absolute atomic E-state index is 10.8. The monoisotopic (exact) mass is 159 g/mol. The first kappa shape index (κ1) is 5.77. The number of hydrogen-bond donors (Lipinski definition) is 2. The minimum absolute atomic E-state index is 0.430. The van der Waals surface area contributed by atoms with Gasteiger partial charge in [0, 0.05) is 5.39 Å². The Morgan fingerprint density at radius 1 is 1.50 bits per heavy atom. The van der Waals surface area contributed by atoms with Gasteiger partial charge < -0.3 is 10.7 Å². The van der Waals surface area contributed by atoms with Gasteiger partial charge in [-0.2, -0.15) is 0 Å². The van der Waals surface area contributed by atoms with Crippen molar-refractivity contribution in [1.82, 2.24) is 9.97 Å². The SMILES string of the molecule is NC(=O)c1cc2cc3nc-3c2[nH]1. The molecule has 1 amide bonds. The Morgan fingerprint density at radius 3 is 3.00 bits per heavy atom. The molecule has 2 heterocycles. The van der Waals surface area contributed by atoms with Gasteiger partial charge in [-0.25, -0.2) is 4.98 Å². The highest BCUT2D eigenvalue weighted by molar-refractivity contribution is 6.06. The molecule has 0 spiro atoms. The van der Waals surface area contributed by atoms with E-state index < -0.39 is 5.91 Å². The summed E-state index contributed by atoms with van der Waals surface area (Å²) in [7, 11) is 0. The lowest BCUT2D eigenvalue weighted by Gasteiger charge is -1.84. The number of aromatic amines is 1. The van der Waals surface area contributed by atoms with Crippen molar-refractivity contribution in [2.75, 3.05) is 0 Å². The molecular formula is C8H5N3O. The number of primary amides is 1. The van der Waals surface area contributed by atoms with Crippen LogP contribution in [0.5, 0.6) is 0 Å². The Balaban J connectivity index is 2.35.